The summed E-state index contributed by atoms with van der Waals surface area (Å²) in [6.07, 6.45) is 3.51. The first-order valence-electron chi connectivity index (χ1n) is 4.41. The average Bonchev–Trinajstić information content (AvgIpc) is 2.52. The molecule has 1 aliphatic rings. The molecule has 1 heterocycles. The smallest absolute Gasteiger partial charge is 0.0484 e. The van der Waals surface area contributed by atoms with Crippen molar-refractivity contribution in [3.8, 4) is 0 Å². The minimum atomic E-state index is 1.06. The zero-order valence-corrected chi connectivity index (χ0v) is 7.56. The van der Waals surface area contributed by atoms with Crippen LogP contribution in [-0.4, -0.2) is 31.2 Å². The molecule has 0 radical (unpaired) electrons. The van der Waals surface area contributed by atoms with Gasteiger partial charge < -0.3 is 5.32 Å². The molecule has 0 atom stereocenters. The van der Waals surface area contributed by atoms with E-state index in [0.717, 1.165) is 19.8 Å². The summed E-state index contributed by atoms with van der Waals surface area (Å²) in [7, 11) is 0. The predicted molar refractivity (Wildman–Crippen MR) is 48.5 cm³/mol. The third kappa shape index (κ3) is 3.04. The van der Waals surface area contributed by atoms with Gasteiger partial charge in [-0.2, -0.15) is 0 Å². The Morgan fingerprint density at radius 1 is 1.64 bits per heavy atom. The standard InChI is InChI=1S/C9H18N2/c1-3-9(2)4-6-11-7-5-10-8-11/h4,10H,3,5-8H2,1-2H3. The summed E-state index contributed by atoms with van der Waals surface area (Å²) < 4.78 is 0. The van der Waals surface area contributed by atoms with E-state index in [0.29, 0.717) is 0 Å². The van der Waals surface area contributed by atoms with Crippen molar-refractivity contribution in [2.75, 3.05) is 26.3 Å². The maximum absolute atomic E-state index is 3.31. The summed E-state index contributed by atoms with van der Waals surface area (Å²) in [6, 6.07) is 0. The van der Waals surface area contributed by atoms with E-state index in [1.165, 1.54) is 18.5 Å². The van der Waals surface area contributed by atoms with Gasteiger partial charge in [0.1, 0.15) is 0 Å². The fraction of sp³-hybridized carbons (Fsp3) is 0.778. The number of allylic oxidation sites excluding steroid dienone is 1. The molecule has 0 aromatic heterocycles. The molecule has 11 heavy (non-hydrogen) atoms. The fourth-order valence-electron chi connectivity index (χ4n) is 1.14. The highest BCUT2D eigenvalue weighted by Gasteiger charge is 2.07. The molecule has 2 nitrogen and oxygen atoms in total. The van der Waals surface area contributed by atoms with Gasteiger partial charge in [-0.3, -0.25) is 4.90 Å². The SMILES string of the molecule is CCC(C)=CCN1CCNC1. The van der Waals surface area contributed by atoms with E-state index in [2.05, 4.69) is 30.1 Å². The van der Waals surface area contributed by atoms with E-state index in [-0.39, 0.29) is 0 Å². The van der Waals surface area contributed by atoms with Crippen molar-refractivity contribution in [1.29, 1.82) is 0 Å². The van der Waals surface area contributed by atoms with Gasteiger partial charge in [0.05, 0.1) is 0 Å². The molecule has 0 aromatic carbocycles. The lowest BCUT2D eigenvalue weighted by Gasteiger charge is -2.10. The first-order chi connectivity index (χ1) is 5.33. The van der Waals surface area contributed by atoms with Gasteiger partial charge >= 0.3 is 0 Å². The Morgan fingerprint density at radius 3 is 3.00 bits per heavy atom. The molecular weight excluding hydrogens is 136 g/mol. The third-order valence-electron chi connectivity index (χ3n) is 2.20. The highest BCUT2D eigenvalue weighted by Crippen LogP contribution is 1.99. The van der Waals surface area contributed by atoms with Crippen LogP contribution in [0.1, 0.15) is 20.3 Å². The lowest BCUT2D eigenvalue weighted by atomic mass is 10.2. The maximum atomic E-state index is 3.31. The van der Waals surface area contributed by atoms with E-state index < -0.39 is 0 Å². The van der Waals surface area contributed by atoms with Crippen molar-refractivity contribution in [3.63, 3.8) is 0 Å². The van der Waals surface area contributed by atoms with Crippen molar-refractivity contribution < 1.29 is 0 Å². The van der Waals surface area contributed by atoms with E-state index in [1.807, 2.05) is 0 Å². The number of hydrogen-bond acceptors (Lipinski definition) is 2. The van der Waals surface area contributed by atoms with E-state index in [4.69, 9.17) is 0 Å². The Kier molecular flexibility index (Phi) is 3.60. The van der Waals surface area contributed by atoms with E-state index >= 15 is 0 Å². The first-order valence-corrected chi connectivity index (χ1v) is 4.41. The normalized spacial score (nSPS) is 21.1. The molecule has 1 N–H and O–H groups in total. The fourth-order valence-corrected chi connectivity index (χ4v) is 1.14. The monoisotopic (exact) mass is 154 g/mol. The second kappa shape index (κ2) is 4.52. The summed E-state index contributed by atoms with van der Waals surface area (Å²) in [6.45, 7) is 8.93. The summed E-state index contributed by atoms with van der Waals surface area (Å²) in [4.78, 5) is 2.42. The second-order valence-corrected chi connectivity index (χ2v) is 3.14. The summed E-state index contributed by atoms with van der Waals surface area (Å²) >= 11 is 0. The average molecular weight is 154 g/mol. The topological polar surface area (TPSA) is 15.3 Å². The molecule has 0 spiro atoms. The third-order valence-corrected chi connectivity index (χ3v) is 2.20. The van der Waals surface area contributed by atoms with Crippen LogP contribution in [0.4, 0.5) is 0 Å². The largest absolute Gasteiger partial charge is 0.303 e. The van der Waals surface area contributed by atoms with Gasteiger partial charge in [-0.05, 0) is 13.3 Å². The minimum Gasteiger partial charge on any atom is -0.303 e. The molecule has 0 bridgehead atoms. The van der Waals surface area contributed by atoms with Gasteiger partial charge in [-0.15, -0.1) is 0 Å². The van der Waals surface area contributed by atoms with Crippen molar-refractivity contribution >= 4 is 0 Å². The second-order valence-electron chi connectivity index (χ2n) is 3.14. The zero-order chi connectivity index (χ0) is 8.10. The van der Waals surface area contributed by atoms with Gasteiger partial charge in [0.15, 0.2) is 0 Å². The van der Waals surface area contributed by atoms with Crippen molar-refractivity contribution in [2.45, 2.75) is 20.3 Å². The van der Waals surface area contributed by atoms with Crippen LogP contribution in [0.25, 0.3) is 0 Å². The molecule has 1 aliphatic heterocycles. The van der Waals surface area contributed by atoms with Gasteiger partial charge in [-0.25, -0.2) is 0 Å². The predicted octanol–water partition coefficient (Wildman–Crippen LogP) is 1.21. The molecule has 1 fully saturated rings. The highest BCUT2D eigenvalue weighted by molar-refractivity contribution is 4.98. The Morgan fingerprint density at radius 2 is 2.45 bits per heavy atom. The lowest BCUT2D eigenvalue weighted by Crippen LogP contribution is -2.22. The van der Waals surface area contributed by atoms with Gasteiger partial charge in [0.25, 0.3) is 0 Å². The Balaban J connectivity index is 2.19. The number of hydrogen-bond donors (Lipinski definition) is 1. The Bertz CT molecular complexity index is 134. The Hall–Kier alpha value is -0.340. The molecular formula is C9H18N2. The van der Waals surface area contributed by atoms with E-state index in [9.17, 15) is 0 Å². The molecule has 0 aliphatic carbocycles. The molecule has 1 rings (SSSR count). The van der Waals surface area contributed by atoms with Crippen LogP contribution in [0.15, 0.2) is 11.6 Å². The molecule has 0 unspecified atom stereocenters. The van der Waals surface area contributed by atoms with Crippen LogP contribution >= 0.6 is 0 Å². The molecule has 64 valence electrons. The molecule has 2 heteroatoms. The number of nitrogens with zero attached hydrogens (tertiary/aromatic N) is 1. The highest BCUT2D eigenvalue weighted by atomic mass is 15.3. The van der Waals surface area contributed by atoms with Crippen LogP contribution < -0.4 is 5.32 Å². The zero-order valence-electron chi connectivity index (χ0n) is 7.56. The summed E-state index contributed by atoms with van der Waals surface area (Å²) in [5.41, 5.74) is 1.50. The molecule has 1 saturated heterocycles. The quantitative estimate of drug-likeness (QED) is 0.615. The molecule has 0 saturated carbocycles. The van der Waals surface area contributed by atoms with Gasteiger partial charge in [-0.1, -0.05) is 18.6 Å². The van der Waals surface area contributed by atoms with Crippen molar-refractivity contribution in [3.05, 3.63) is 11.6 Å². The van der Waals surface area contributed by atoms with Crippen LogP contribution in [0.3, 0.4) is 0 Å². The number of rotatable bonds is 3. The summed E-state index contributed by atoms with van der Waals surface area (Å²) in [5, 5.41) is 3.31. The lowest BCUT2D eigenvalue weighted by molar-refractivity contribution is 0.371. The van der Waals surface area contributed by atoms with Crippen molar-refractivity contribution in [1.82, 2.24) is 10.2 Å². The minimum absolute atomic E-state index is 1.06. The maximum Gasteiger partial charge on any atom is 0.0484 e. The Labute approximate surface area is 69.3 Å². The van der Waals surface area contributed by atoms with Crippen LogP contribution in [0.5, 0.6) is 0 Å². The van der Waals surface area contributed by atoms with Crippen LogP contribution in [0, 0.1) is 0 Å². The van der Waals surface area contributed by atoms with Crippen LogP contribution in [-0.2, 0) is 0 Å². The van der Waals surface area contributed by atoms with Gasteiger partial charge in [0.2, 0.25) is 0 Å². The van der Waals surface area contributed by atoms with Crippen molar-refractivity contribution in [2.24, 2.45) is 0 Å². The van der Waals surface area contributed by atoms with Crippen LogP contribution in [0.2, 0.25) is 0 Å². The molecule has 0 aromatic rings. The molecule has 0 amide bonds. The first kappa shape index (κ1) is 8.75. The van der Waals surface area contributed by atoms with Gasteiger partial charge in [0, 0.05) is 26.3 Å². The number of nitrogens with one attached hydrogen (secondary N) is 1. The summed E-state index contributed by atoms with van der Waals surface area (Å²) in [5.74, 6) is 0. The van der Waals surface area contributed by atoms with E-state index in [1.54, 1.807) is 0 Å².